The predicted octanol–water partition coefficient (Wildman–Crippen LogP) is 4.19. The van der Waals surface area contributed by atoms with Gasteiger partial charge in [-0.25, -0.2) is 0 Å². The molecule has 0 radical (unpaired) electrons. The van der Waals surface area contributed by atoms with Gasteiger partial charge in [-0.2, -0.15) is 0 Å². The summed E-state index contributed by atoms with van der Waals surface area (Å²) in [5.41, 5.74) is 0.0655. The molecule has 1 fully saturated rings. The molecule has 1 saturated carbocycles. The van der Waals surface area contributed by atoms with Gasteiger partial charge in [0.2, 0.25) is 0 Å². The molecule has 2 heteroatoms. The maximum atomic E-state index is 6.22. The second kappa shape index (κ2) is 5.69. The molecule has 0 aliphatic heterocycles. The Morgan fingerprint density at radius 2 is 1.93 bits per heavy atom. The van der Waals surface area contributed by atoms with Crippen LogP contribution < -0.4 is 0 Å². The lowest BCUT2D eigenvalue weighted by Crippen LogP contribution is -2.37. The van der Waals surface area contributed by atoms with Crippen molar-refractivity contribution in [1.82, 2.24) is 0 Å². The van der Waals surface area contributed by atoms with Gasteiger partial charge in [0.15, 0.2) is 0 Å². The Hall–Kier alpha value is 0.690. The van der Waals surface area contributed by atoms with Gasteiger partial charge in [0.05, 0.1) is 11.7 Å². The van der Waals surface area contributed by atoms with Gasteiger partial charge in [0.25, 0.3) is 0 Å². The Morgan fingerprint density at radius 1 is 1.29 bits per heavy atom. The summed E-state index contributed by atoms with van der Waals surface area (Å²) in [4.78, 5) is 0. The lowest BCUT2D eigenvalue weighted by molar-refractivity contribution is -0.0948. The van der Waals surface area contributed by atoms with Crippen LogP contribution >= 0.6 is 22.6 Å². The van der Waals surface area contributed by atoms with Crippen LogP contribution in [-0.2, 0) is 4.74 Å². The second-order valence-corrected chi connectivity index (χ2v) is 5.77. The largest absolute Gasteiger partial charge is 0.371 e. The maximum absolute atomic E-state index is 6.22. The summed E-state index contributed by atoms with van der Waals surface area (Å²) < 4.78 is 7.30. The molecule has 2 unspecified atom stereocenters. The molecule has 1 aliphatic carbocycles. The first-order chi connectivity index (χ1) is 6.59. The van der Waals surface area contributed by atoms with Crippen molar-refractivity contribution in [2.75, 3.05) is 4.43 Å². The van der Waals surface area contributed by atoms with Gasteiger partial charge < -0.3 is 4.74 Å². The third kappa shape index (κ3) is 3.69. The summed E-state index contributed by atoms with van der Waals surface area (Å²) in [5.74, 6) is 0.811. The molecule has 0 saturated heterocycles. The minimum atomic E-state index is 0.0655. The van der Waals surface area contributed by atoms with E-state index in [4.69, 9.17) is 4.74 Å². The van der Waals surface area contributed by atoms with E-state index in [1.54, 1.807) is 0 Å². The lowest BCUT2D eigenvalue weighted by atomic mass is 9.84. The van der Waals surface area contributed by atoms with Crippen LogP contribution in [0.15, 0.2) is 0 Å². The first-order valence-corrected chi connectivity index (χ1v) is 7.35. The highest BCUT2D eigenvalue weighted by molar-refractivity contribution is 14.1. The van der Waals surface area contributed by atoms with Crippen LogP contribution in [0.3, 0.4) is 0 Å². The molecular formula is C12H23IO. The van der Waals surface area contributed by atoms with Crippen LogP contribution in [0.1, 0.15) is 52.9 Å². The number of rotatable bonds is 4. The molecule has 0 spiro atoms. The highest BCUT2D eigenvalue weighted by atomic mass is 127. The van der Waals surface area contributed by atoms with Crippen LogP contribution in [0.5, 0.6) is 0 Å². The molecule has 0 aromatic rings. The minimum absolute atomic E-state index is 0.0655. The number of hydrogen-bond donors (Lipinski definition) is 0. The number of alkyl halides is 1. The van der Waals surface area contributed by atoms with E-state index < -0.39 is 0 Å². The van der Waals surface area contributed by atoms with Crippen LogP contribution in [0.2, 0.25) is 0 Å². The molecule has 0 heterocycles. The third-order valence-electron chi connectivity index (χ3n) is 3.16. The minimum Gasteiger partial charge on any atom is -0.371 e. The SMILES string of the molecule is CCC1CCCCC1OC(C)(C)CI. The molecule has 0 amide bonds. The molecule has 1 nitrogen and oxygen atoms in total. The van der Waals surface area contributed by atoms with E-state index in [1.807, 2.05) is 0 Å². The van der Waals surface area contributed by atoms with Crippen LogP contribution in [0, 0.1) is 5.92 Å². The molecule has 0 aromatic heterocycles. The molecule has 84 valence electrons. The van der Waals surface area contributed by atoms with Crippen LogP contribution in [-0.4, -0.2) is 16.1 Å². The number of hydrogen-bond acceptors (Lipinski definition) is 1. The Bertz CT molecular complexity index is 168. The Morgan fingerprint density at radius 3 is 2.50 bits per heavy atom. The van der Waals surface area contributed by atoms with E-state index in [-0.39, 0.29) is 5.60 Å². The topological polar surface area (TPSA) is 9.23 Å². The van der Waals surface area contributed by atoms with Gasteiger partial charge in [0, 0.05) is 4.43 Å². The van der Waals surface area contributed by atoms with E-state index >= 15 is 0 Å². The molecule has 0 bridgehead atoms. The quantitative estimate of drug-likeness (QED) is 0.559. The van der Waals surface area contributed by atoms with Gasteiger partial charge in [-0.15, -0.1) is 0 Å². The zero-order valence-electron chi connectivity index (χ0n) is 9.68. The average molecular weight is 310 g/mol. The summed E-state index contributed by atoms with van der Waals surface area (Å²) in [7, 11) is 0. The molecule has 0 aromatic carbocycles. The van der Waals surface area contributed by atoms with Crippen LogP contribution in [0.4, 0.5) is 0 Å². The van der Waals surface area contributed by atoms with Gasteiger partial charge in [-0.1, -0.05) is 48.8 Å². The molecule has 0 N–H and O–H groups in total. The Labute approximate surface area is 102 Å². The first kappa shape index (κ1) is 12.8. The van der Waals surface area contributed by atoms with Crippen molar-refractivity contribution in [3.05, 3.63) is 0 Å². The average Bonchev–Trinajstić information content (AvgIpc) is 2.18. The summed E-state index contributed by atoms with van der Waals surface area (Å²) in [6.45, 7) is 6.71. The van der Waals surface area contributed by atoms with E-state index in [9.17, 15) is 0 Å². The molecule has 2 atom stereocenters. The summed E-state index contributed by atoms with van der Waals surface area (Å²) in [5, 5.41) is 0. The standard InChI is InChI=1S/C12H23IO/c1-4-10-7-5-6-8-11(10)14-12(2,3)9-13/h10-11H,4-9H2,1-3H3. The second-order valence-electron chi connectivity index (χ2n) is 5.00. The number of ether oxygens (including phenoxy) is 1. The van der Waals surface area contributed by atoms with Crippen molar-refractivity contribution < 1.29 is 4.74 Å². The fourth-order valence-corrected chi connectivity index (χ4v) is 2.42. The van der Waals surface area contributed by atoms with Crippen molar-refractivity contribution in [3.8, 4) is 0 Å². The number of halogens is 1. The Balaban J connectivity index is 2.48. The normalized spacial score (nSPS) is 29.1. The predicted molar refractivity (Wildman–Crippen MR) is 70.1 cm³/mol. The van der Waals surface area contributed by atoms with Crippen molar-refractivity contribution in [2.24, 2.45) is 5.92 Å². The lowest BCUT2D eigenvalue weighted by Gasteiger charge is -2.36. The van der Waals surface area contributed by atoms with Gasteiger partial charge >= 0.3 is 0 Å². The van der Waals surface area contributed by atoms with Gasteiger partial charge in [-0.05, 0) is 32.6 Å². The molecule has 1 aliphatic rings. The zero-order valence-corrected chi connectivity index (χ0v) is 11.8. The smallest absolute Gasteiger partial charge is 0.0719 e. The highest BCUT2D eigenvalue weighted by Crippen LogP contribution is 2.32. The van der Waals surface area contributed by atoms with Gasteiger partial charge in [-0.3, -0.25) is 0 Å². The van der Waals surface area contributed by atoms with Crippen molar-refractivity contribution in [1.29, 1.82) is 0 Å². The fourth-order valence-electron chi connectivity index (χ4n) is 2.24. The monoisotopic (exact) mass is 310 g/mol. The maximum Gasteiger partial charge on any atom is 0.0719 e. The van der Waals surface area contributed by atoms with Crippen LogP contribution in [0.25, 0.3) is 0 Å². The Kier molecular flexibility index (Phi) is 5.18. The van der Waals surface area contributed by atoms with Crippen molar-refractivity contribution in [2.45, 2.75) is 64.6 Å². The van der Waals surface area contributed by atoms with E-state index in [0.717, 1.165) is 10.3 Å². The summed E-state index contributed by atoms with van der Waals surface area (Å²) >= 11 is 2.42. The van der Waals surface area contributed by atoms with E-state index in [2.05, 4.69) is 43.4 Å². The van der Waals surface area contributed by atoms with Crippen molar-refractivity contribution >= 4 is 22.6 Å². The molecular weight excluding hydrogens is 287 g/mol. The van der Waals surface area contributed by atoms with E-state index in [1.165, 1.54) is 32.1 Å². The first-order valence-electron chi connectivity index (χ1n) is 5.83. The zero-order chi connectivity index (χ0) is 10.6. The van der Waals surface area contributed by atoms with Gasteiger partial charge in [0.1, 0.15) is 0 Å². The van der Waals surface area contributed by atoms with Crippen molar-refractivity contribution in [3.63, 3.8) is 0 Å². The fraction of sp³-hybridized carbons (Fsp3) is 1.00. The molecule has 1 rings (SSSR count). The highest BCUT2D eigenvalue weighted by Gasteiger charge is 2.29. The third-order valence-corrected chi connectivity index (χ3v) is 4.99. The summed E-state index contributed by atoms with van der Waals surface area (Å²) in [6.07, 6.45) is 7.22. The molecule has 14 heavy (non-hydrogen) atoms. The van der Waals surface area contributed by atoms with E-state index in [0.29, 0.717) is 6.10 Å². The summed E-state index contributed by atoms with van der Waals surface area (Å²) in [6, 6.07) is 0.